The first-order valence-corrected chi connectivity index (χ1v) is 44.0. The summed E-state index contributed by atoms with van der Waals surface area (Å²) in [6.45, 7) is 38.3. The molecule has 11 heterocycles. The molecule has 0 amide bonds. The molecule has 4 unspecified atom stereocenters. The van der Waals surface area contributed by atoms with E-state index in [1.165, 1.54) is 83.3 Å². The van der Waals surface area contributed by atoms with Crippen molar-refractivity contribution >= 4 is 77.9 Å². The van der Waals surface area contributed by atoms with Gasteiger partial charge in [-0.05, 0) is 193 Å². The lowest BCUT2D eigenvalue weighted by Gasteiger charge is -2.15. The summed E-state index contributed by atoms with van der Waals surface area (Å²) in [6.07, 6.45) is 34.0. The number of nitrogens with one attached hydrogen (secondary N) is 2. The zero-order valence-corrected chi connectivity index (χ0v) is 75.3. The van der Waals surface area contributed by atoms with E-state index in [1.54, 1.807) is 49.7 Å². The molecule has 0 bridgehead atoms. The molecular weight excluding hydrogens is 1490 g/mol. The number of nitrogens with two attached hydrogens (primary N) is 4. The molecule has 0 radical (unpaired) electrons. The van der Waals surface area contributed by atoms with Crippen LogP contribution < -0.4 is 22.9 Å². The number of para-hydroxylation sites is 2. The number of aryl methyl sites for hydroxylation is 7. The van der Waals surface area contributed by atoms with E-state index < -0.39 is 0 Å². The van der Waals surface area contributed by atoms with Crippen molar-refractivity contribution in [1.82, 2.24) is 63.4 Å². The summed E-state index contributed by atoms with van der Waals surface area (Å²) in [7, 11) is 0. The third-order valence-corrected chi connectivity index (χ3v) is 20.8. The number of hydrogen-bond acceptors (Lipinski definition) is 11. The summed E-state index contributed by atoms with van der Waals surface area (Å²) in [6, 6.07) is 70.8. The summed E-state index contributed by atoms with van der Waals surface area (Å²) < 4.78 is 9.50. The van der Waals surface area contributed by atoms with Crippen molar-refractivity contribution in [3.63, 3.8) is 0 Å². The first-order chi connectivity index (χ1) is 59.6. The topological polar surface area (TPSA) is 246 Å². The van der Waals surface area contributed by atoms with Crippen LogP contribution in [0.25, 0.3) is 65.8 Å². The second-order valence-corrected chi connectivity index (χ2v) is 27.1. The molecule has 17 aromatic rings. The maximum absolute atomic E-state index is 6.28. The van der Waals surface area contributed by atoms with E-state index in [2.05, 4.69) is 255 Å². The van der Waals surface area contributed by atoms with E-state index in [1.807, 2.05) is 172 Å². The van der Waals surface area contributed by atoms with Crippen LogP contribution in [0, 0.1) is 20.8 Å². The first-order valence-electron chi connectivity index (χ1n) is 44.0. The fourth-order valence-electron chi connectivity index (χ4n) is 16.1. The predicted molar refractivity (Wildman–Crippen MR) is 518 cm³/mol. The zero-order chi connectivity index (χ0) is 87.8. The Labute approximate surface area is 720 Å². The Morgan fingerprint density at radius 3 is 0.934 bits per heavy atom. The lowest BCUT2D eigenvalue weighted by atomic mass is 10.1. The van der Waals surface area contributed by atoms with E-state index in [0.717, 1.165) is 95.0 Å². The number of nitrogens with zero attached hydrogens (tertiary/aromatic N) is 11. The highest BCUT2D eigenvalue weighted by atomic mass is 15.1. The van der Waals surface area contributed by atoms with E-state index >= 15 is 0 Å². The molecule has 0 aliphatic heterocycles. The molecule has 0 saturated heterocycles. The Bertz CT molecular complexity index is 5390. The molecule has 17 nitrogen and oxygen atoms in total. The van der Waals surface area contributed by atoms with Crippen LogP contribution in [0.4, 0.5) is 23.3 Å². The maximum Gasteiger partial charge on any atom is 0.133 e. The fourth-order valence-corrected chi connectivity index (χ4v) is 16.1. The van der Waals surface area contributed by atoms with Gasteiger partial charge in [-0.2, -0.15) is 5.10 Å². The van der Waals surface area contributed by atoms with Crippen LogP contribution in [0.3, 0.4) is 0 Å². The van der Waals surface area contributed by atoms with Crippen molar-refractivity contribution in [1.29, 1.82) is 0 Å². The number of imidazole rings is 1. The van der Waals surface area contributed by atoms with Crippen molar-refractivity contribution < 1.29 is 0 Å². The standard InChI is InChI=1S/C22H19N3.3C17H17N3.C7H6N2.C5H5N.C3H4N2.8C2H6/c23-22-21-18(15-6-2-1-3-7-15)14-25(20(21)12-13-24-22)19-11-10-16-8-4-5-9-17(16)19;3*1-11-10-20(15-8-9-19-17(18)16(11)15)14-7-6-12-4-2-3-5-13(12)14;1-2-4-7-6(3-1)8-5-9-7;1-2-4-6-5-3-1;1-2-4-5-3-1;8*1-2/h1-9,12-14,19H,10-11H2,(H2,23,24);3*2-5,8-10,14H,6-7H2,1H3,(H2,18,19);1-5H,(H,8,9);1-5H;1-3H,(H,4,5);8*1-2H3. The second-order valence-electron chi connectivity index (χ2n) is 27.1. The number of nitrogen functional groups attached to an aromatic ring is 4. The quantitative estimate of drug-likeness (QED) is 0.0946. The number of aromatic nitrogens is 13. The molecule has 0 saturated carbocycles. The second kappa shape index (κ2) is 50.1. The van der Waals surface area contributed by atoms with Gasteiger partial charge in [0.15, 0.2) is 0 Å². The molecule has 11 aromatic heterocycles. The van der Waals surface area contributed by atoms with Crippen LogP contribution in [0.2, 0.25) is 0 Å². The summed E-state index contributed by atoms with van der Waals surface area (Å²) in [5.74, 6) is 2.49. The van der Waals surface area contributed by atoms with Gasteiger partial charge in [0.2, 0.25) is 0 Å². The zero-order valence-electron chi connectivity index (χ0n) is 75.3. The normalized spacial score (nSPS) is 13.9. The van der Waals surface area contributed by atoms with Gasteiger partial charge in [-0.3, -0.25) is 10.1 Å². The lowest BCUT2D eigenvalue weighted by molar-refractivity contribution is 0.598. The van der Waals surface area contributed by atoms with E-state index in [4.69, 9.17) is 22.9 Å². The number of fused-ring (bicyclic) bond motifs is 9. The van der Waals surface area contributed by atoms with E-state index in [9.17, 15) is 0 Å². The van der Waals surface area contributed by atoms with Crippen molar-refractivity contribution in [2.75, 3.05) is 22.9 Å². The number of anilines is 4. The largest absolute Gasteiger partial charge is 0.383 e. The average Bonchev–Trinajstić information content (AvgIpc) is 1.69. The number of benzene rings is 6. The SMILES string of the molecule is CC.CC.CC.CC.CC.CC.CC.CC.Cc1cn(C2CCc3ccccc32)c2ccnc(N)c12.Cc1cn(C2CCc3ccccc32)c2ccnc(N)c12.Cc1cn(C2CCc3ccccc32)c2ccnc(N)c12.Nc1nccc2c1c(-c1ccccc1)cn2C1CCc2ccccc21.c1ccc2[nH]cnc2c1.c1ccncc1.c1cn[nH]c1. The highest BCUT2D eigenvalue weighted by molar-refractivity contribution is 6.03. The van der Waals surface area contributed by atoms with Gasteiger partial charge in [0, 0.05) is 101 Å². The number of H-pyrrole nitrogens is 2. The Hall–Kier alpha value is -12.9. The van der Waals surface area contributed by atoms with Crippen LogP contribution in [-0.4, -0.2) is 63.4 Å². The molecule has 4 aliphatic carbocycles. The molecule has 4 atom stereocenters. The number of aromatic amines is 2. The summed E-state index contributed by atoms with van der Waals surface area (Å²) in [5.41, 5.74) is 48.8. The lowest BCUT2D eigenvalue weighted by Crippen LogP contribution is -2.06. The number of rotatable bonds is 5. The number of hydrogen-bond donors (Lipinski definition) is 6. The Kier molecular flexibility index (Phi) is 39.5. The molecule has 4 aliphatic rings. The van der Waals surface area contributed by atoms with Crippen molar-refractivity contribution in [3.05, 3.63) is 342 Å². The van der Waals surface area contributed by atoms with Crippen molar-refractivity contribution in [2.45, 2.75) is 207 Å². The molecule has 21 rings (SSSR count). The minimum Gasteiger partial charge on any atom is -0.383 e. The monoisotopic (exact) mass is 1620 g/mol. The van der Waals surface area contributed by atoms with Gasteiger partial charge in [-0.25, -0.2) is 24.9 Å². The smallest absolute Gasteiger partial charge is 0.133 e. The number of pyridine rings is 5. The van der Waals surface area contributed by atoms with Gasteiger partial charge in [-0.1, -0.05) is 256 Å². The van der Waals surface area contributed by atoms with Crippen LogP contribution >= 0.6 is 0 Å². The minimum atomic E-state index is 0.359. The average molecular weight is 1620 g/mol. The van der Waals surface area contributed by atoms with Gasteiger partial charge < -0.3 is 46.2 Å². The summed E-state index contributed by atoms with van der Waals surface area (Å²) >= 11 is 0. The van der Waals surface area contributed by atoms with Crippen molar-refractivity contribution in [2.24, 2.45) is 0 Å². The molecule has 17 heteroatoms. The molecule has 0 fully saturated rings. The minimum absolute atomic E-state index is 0.359. The van der Waals surface area contributed by atoms with Crippen molar-refractivity contribution in [3.8, 4) is 11.1 Å². The third-order valence-electron chi connectivity index (χ3n) is 20.8. The molecule has 6 aromatic carbocycles. The molecule has 10 N–H and O–H groups in total. The molecule has 121 heavy (non-hydrogen) atoms. The Balaban J connectivity index is 0.000000196. The molecule has 0 spiro atoms. The van der Waals surface area contributed by atoms with E-state index in [0.29, 0.717) is 47.4 Å². The first kappa shape index (κ1) is 95.3. The fraction of sp³-hybridized carbons (Fsp3) is 0.298. The molecular formula is C104H133N17. The summed E-state index contributed by atoms with van der Waals surface area (Å²) in [5, 5.41) is 10.5. The van der Waals surface area contributed by atoms with Crippen LogP contribution in [0.15, 0.2) is 281 Å². The van der Waals surface area contributed by atoms with Crippen LogP contribution in [0.5, 0.6) is 0 Å². The van der Waals surface area contributed by atoms with E-state index in [-0.39, 0.29) is 0 Å². The van der Waals surface area contributed by atoms with Gasteiger partial charge in [0.25, 0.3) is 0 Å². The van der Waals surface area contributed by atoms with Gasteiger partial charge in [0.1, 0.15) is 23.3 Å². The molecule has 634 valence electrons. The predicted octanol–water partition coefficient (Wildman–Crippen LogP) is 26.5. The highest BCUT2D eigenvalue weighted by Crippen LogP contribution is 2.44. The highest BCUT2D eigenvalue weighted by Gasteiger charge is 2.30. The van der Waals surface area contributed by atoms with Crippen LogP contribution in [-0.2, 0) is 25.7 Å². The third kappa shape index (κ3) is 22.9. The maximum atomic E-state index is 6.28. The Morgan fingerprint density at radius 2 is 0.620 bits per heavy atom. The Morgan fingerprint density at radius 1 is 0.306 bits per heavy atom. The van der Waals surface area contributed by atoms with Gasteiger partial charge in [0.05, 0.1) is 63.6 Å². The van der Waals surface area contributed by atoms with Crippen LogP contribution in [0.1, 0.15) is 222 Å². The summed E-state index contributed by atoms with van der Waals surface area (Å²) in [4.78, 5) is 27.8. The van der Waals surface area contributed by atoms with Gasteiger partial charge >= 0.3 is 0 Å². The van der Waals surface area contributed by atoms with Gasteiger partial charge in [-0.15, -0.1) is 0 Å².